The van der Waals surface area contributed by atoms with E-state index in [9.17, 15) is 9.59 Å². The fourth-order valence-electron chi connectivity index (χ4n) is 2.62. The first-order chi connectivity index (χ1) is 9.18. The van der Waals surface area contributed by atoms with E-state index in [4.69, 9.17) is 5.73 Å². The lowest BCUT2D eigenvalue weighted by Gasteiger charge is -2.28. The van der Waals surface area contributed by atoms with Gasteiger partial charge in [-0.1, -0.05) is 19.3 Å². The van der Waals surface area contributed by atoms with Crippen molar-refractivity contribution in [2.75, 3.05) is 0 Å². The van der Waals surface area contributed by atoms with Crippen molar-refractivity contribution in [3.63, 3.8) is 0 Å². The van der Waals surface area contributed by atoms with Crippen LogP contribution in [0.1, 0.15) is 42.5 Å². The number of amides is 2. The average molecular weight is 261 g/mol. The van der Waals surface area contributed by atoms with Crippen molar-refractivity contribution in [2.24, 2.45) is 11.7 Å². The van der Waals surface area contributed by atoms with E-state index in [2.05, 4.69) is 10.3 Å². The molecule has 1 fully saturated rings. The van der Waals surface area contributed by atoms with Crippen molar-refractivity contribution in [2.45, 2.75) is 38.1 Å². The lowest BCUT2D eigenvalue weighted by molar-refractivity contribution is -0.121. The van der Waals surface area contributed by atoms with Crippen LogP contribution < -0.4 is 11.1 Å². The van der Waals surface area contributed by atoms with Crippen molar-refractivity contribution >= 4 is 11.8 Å². The van der Waals surface area contributed by atoms with Crippen LogP contribution in [0.5, 0.6) is 0 Å². The SMILES string of the molecule is NC(=O)C(NC(=O)c1ccncc1)C1CCCCC1. The highest BCUT2D eigenvalue weighted by atomic mass is 16.2. The molecule has 1 saturated carbocycles. The van der Waals surface area contributed by atoms with Gasteiger partial charge in [0.15, 0.2) is 0 Å². The van der Waals surface area contributed by atoms with Gasteiger partial charge in [0.05, 0.1) is 0 Å². The van der Waals surface area contributed by atoms with E-state index in [1.165, 1.54) is 6.42 Å². The zero-order valence-electron chi connectivity index (χ0n) is 10.8. The number of nitrogens with two attached hydrogens (primary N) is 1. The molecule has 0 radical (unpaired) electrons. The van der Waals surface area contributed by atoms with Gasteiger partial charge < -0.3 is 11.1 Å². The number of pyridine rings is 1. The molecular formula is C14H19N3O2. The molecule has 0 aromatic carbocycles. The number of primary amides is 1. The van der Waals surface area contributed by atoms with Crippen LogP contribution in [0.15, 0.2) is 24.5 Å². The van der Waals surface area contributed by atoms with Crippen molar-refractivity contribution < 1.29 is 9.59 Å². The second-order valence-electron chi connectivity index (χ2n) is 4.99. The summed E-state index contributed by atoms with van der Waals surface area (Å²) in [6, 6.07) is 2.67. The minimum Gasteiger partial charge on any atom is -0.368 e. The molecule has 5 nitrogen and oxygen atoms in total. The van der Waals surface area contributed by atoms with Gasteiger partial charge in [0, 0.05) is 18.0 Å². The second kappa shape index (κ2) is 6.31. The fraction of sp³-hybridized carbons (Fsp3) is 0.500. The highest BCUT2D eigenvalue weighted by molar-refractivity contribution is 5.97. The fourth-order valence-corrected chi connectivity index (χ4v) is 2.62. The second-order valence-corrected chi connectivity index (χ2v) is 4.99. The molecule has 19 heavy (non-hydrogen) atoms. The molecule has 1 atom stereocenters. The smallest absolute Gasteiger partial charge is 0.252 e. The molecule has 2 rings (SSSR count). The number of nitrogens with zero attached hydrogens (tertiary/aromatic N) is 1. The molecule has 1 aromatic heterocycles. The van der Waals surface area contributed by atoms with Crippen LogP contribution in [-0.4, -0.2) is 22.8 Å². The Kier molecular flexibility index (Phi) is 4.49. The standard InChI is InChI=1S/C14H19N3O2/c15-13(18)12(10-4-2-1-3-5-10)17-14(19)11-6-8-16-9-7-11/h6-10,12H,1-5H2,(H2,15,18)(H,17,19). The van der Waals surface area contributed by atoms with E-state index in [-0.39, 0.29) is 11.8 Å². The molecule has 0 aliphatic heterocycles. The zero-order valence-corrected chi connectivity index (χ0v) is 10.8. The predicted octanol–water partition coefficient (Wildman–Crippen LogP) is 1.25. The van der Waals surface area contributed by atoms with E-state index < -0.39 is 11.9 Å². The highest BCUT2D eigenvalue weighted by Crippen LogP contribution is 2.26. The maximum absolute atomic E-state index is 12.1. The Balaban J connectivity index is 2.04. The van der Waals surface area contributed by atoms with Gasteiger partial charge in [0.1, 0.15) is 6.04 Å². The summed E-state index contributed by atoms with van der Waals surface area (Å²) in [5.74, 6) is -0.553. The number of carbonyl (C=O) groups is 2. The first-order valence-electron chi connectivity index (χ1n) is 6.68. The molecule has 102 valence electrons. The maximum atomic E-state index is 12.1. The van der Waals surface area contributed by atoms with E-state index in [1.54, 1.807) is 24.5 Å². The Labute approximate surface area is 112 Å². The summed E-state index contributed by atoms with van der Waals surface area (Å²) in [6.45, 7) is 0. The van der Waals surface area contributed by atoms with Gasteiger partial charge in [-0.05, 0) is 30.9 Å². The van der Waals surface area contributed by atoms with Crippen LogP contribution >= 0.6 is 0 Å². The van der Waals surface area contributed by atoms with Crippen LogP contribution in [-0.2, 0) is 4.79 Å². The van der Waals surface area contributed by atoms with E-state index >= 15 is 0 Å². The molecule has 0 saturated heterocycles. The summed E-state index contributed by atoms with van der Waals surface area (Å²) in [6.07, 6.45) is 8.39. The lowest BCUT2D eigenvalue weighted by Crippen LogP contribution is -2.49. The minimum absolute atomic E-state index is 0.164. The zero-order chi connectivity index (χ0) is 13.7. The van der Waals surface area contributed by atoms with Gasteiger partial charge in [0.2, 0.25) is 5.91 Å². The molecule has 2 amide bonds. The van der Waals surface area contributed by atoms with Crippen molar-refractivity contribution in [1.82, 2.24) is 10.3 Å². The van der Waals surface area contributed by atoms with Crippen LogP contribution in [0.2, 0.25) is 0 Å². The van der Waals surface area contributed by atoms with Crippen LogP contribution in [0.3, 0.4) is 0 Å². The summed E-state index contributed by atoms with van der Waals surface area (Å²) in [7, 11) is 0. The summed E-state index contributed by atoms with van der Waals surface area (Å²) in [5.41, 5.74) is 5.93. The summed E-state index contributed by atoms with van der Waals surface area (Å²) in [4.78, 5) is 27.5. The van der Waals surface area contributed by atoms with Crippen molar-refractivity contribution in [3.8, 4) is 0 Å². The van der Waals surface area contributed by atoms with Crippen LogP contribution in [0.4, 0.5) is 0 Å². The van der Waals surface area contributed by atoms with Gasteiger partial charge in [-0.3, -0.25) is 14.6 Å². The van der Waals surface area contributed by atoms with Crippen LogP contribution in [0.25, 0.3) is 0 Å². The van der Waals surface area contributed by atoms with Gasteiger partial charge in [0.25, 0.3) is 5.91 Å². The first-order valence-corrected chi connectivity index (χ1v) is 6.68. The number of aromatic nitrogens is 1. The Morgan fingerprint density at radius 1 is 1.21 bits per heavy atom. The largest absolute Gasteiger partial charge is 0.368 e. The van der Waals surface area contributed by atoms with Crippen LogP contribution in [0, 0.1) is 5.92 Å². The molecule has 1 unspecified atom stereocenters. The molecule has 1 aromatic rings. The van der Waals surface area contributed by atoms with E-state index in [0.29, 0.717) is 5.56 Å². The van der Waals surface area contributed by atoms with Gasteiger partial charge in [-0.2, -0.15) is 0 Å². The summed E-state index contributed by atoms with van der Waals surface area (Å²) in [5, 5.41) is 2.76. The molecule has 1 heterocycles. The third-order valence-electron chi connectivity index (χ3n) is 3.66. The Morgan fingerprint density at radius 3 is 2.42 bits per heavy atom. The Morgan fingerprint density at radius 2 is 1.84 bits per heavy atom. The number of hydrogen-bond donors (Lipinski definition) is 2. The van der Waals surface area contributed by atoms with Crippen molar-refractivity contribution in [3.05, 3.63) is 30.1 Å². The highest BCUT2D eigenvalue weighted by Gasteiger charge is 2.29. The summed E-state index contributed by atoms with van der Waals surface area (Å²) >= 11 is 0. The summed E-state index contributed by atoms with van der Waals surface area (Å²) < 4.78 is 0. The molecule has 3 N–H and O–H groups in total. The molecular weight excluding hydrogens is 242 g/mol. The molecule has 5 heteroatoms. The quantitative estimate of drug-likeness (QED) is 0.855. The minimum atomic E-state index is -0.569. The Hall–Kier alpha value is -1.91. The topological polar surface area (TPSA) is 85.1 Å². The molecule has 1 aliphatic rings. The lowest BCUT2D eigenvalue weighted by atomic mass is 9.83. The normalized spacial score (nSPS) is 17.7. The third-order valence-corrected chi connectivity index (χ3v) is 3.66. The first kappa shape index (κ1) is 13.5. The van der Waals surface area contributed by atoms with Gasteiger partial charge >= 0.3 is 0 Å². The number of nitrogens with one attached hydrogen (secondary N) is 1. The third kappa shape index (κ3) is 3.53. The number of hydrogen-bond acceptors (Lipinski definition) is 3. The molecule has 1 aliphatic carbocycles. The average Bonchev–Trinajstić information content (AvgIpc) is 2.46. The van der Waals surface area contributed by atoms with E-state index in [1.807, 2.05) is 0 Å². The predicted molar refractivity (Wildman–Crippen MR) is 71.3 cm³/mol. The number of carbonyl (C=O) groups excluding carboxylic acids is 2. The monoisotopic (exact) mass is 261 g/mol. The molecule has 0 spiro atoms. The number of rotatable bonds is 4. The maximum Gasteiger partial charge on any atom is 0.252 e. The van der Waals surface area contributed by atoms with E-state index in [0.717, 1.165) is 25.7 Å². The molecule has 0 bridgehead atoms. The van der Waals surface area contributed by atoms with Crippen molar-refractivity contribution in [1.29, 1.82) is 0 Å². The van der Waals surface area contributed by atoms with Gasteiger partial charge in [-0.15, -0.1) is 0 Å². The Bertz CT molecular complexity index is 441. The van der Waals surface area contributed by atoms with Gasteiger partial charge in [-0.25, -0.2) is 0 Å².